The molecule has 1 aliphatic carbocycles. The van der Waals surface area contributed by atoms with Crippen molar-refractivity contribution in [1.82, 2.24) is 4.90 Å². The van der Waals surface area contributed by atoms with Crippen LogP contribution < -0.4 is 5.32 Å². The van der Waals surface area contributed by atoms with Crippen molar-refractivity contribution in [3.05, 3.63) is 51.4 Å². The number of carbonyl (C=O) groups is 1. The molecular weight excluding hydrogens is 399 g/mol. The Labute approximate surface area is 171 Å². The quantitative estimate of drug-likeness (QED) is 0.716. The molecule has 2 aromatic rings. The SMILES string of the molecule is CN(CCC(=O)Nc1sc2c(c1C#N)CCCC2)Cc1ccccc1C(F)(F)F. The Morgan fingerprint density at radius 2 is 2.00 bits per heavy atom. The number of benzene rings is 1. The first-order chi connectivity index (χ1) is 13.8. The number of halogens is 3. The predicted molar refractivity (Wildman–Crippen MR) is 107 cm³/mol. The number of carbonyl (C=O) groups excluding carboxylic acids is 1. The maximum Gasteiger partial charge on any atom is 0.416 e. The van der Waals surface area contributed by atoms with Gasteiger partial charge in [0.25, 0.3) is 0 Å². The normalized spacial score (nSPS) is 13.8. The summed E-state index contributed by atoms with van der Waals surface area (Å²) in [4.78, 5) is 15.2. The minimum atomic E-state index is -4.40. The fourth-order valence-corrected chi connectivity index (χ4v) is 4.81. The molecule has 154 valence electrons. The van der Waals surface area contributed by atoms with E-state index in [1.54, 1.807) is 18.0 Å². The molecule has 0 aliphatic heterocycles. The molecule has 0 unspecified atom stereocenters. The number of anilines is 1. The number of amides is 1. The van der Waals surface area contributed by atoms with Crippen LogP contribution in [0.2, 0.25) is 0 Å². The molecule has 0 atom stereocenters. The van der Waals surface area contributed by atoms with Crippen LogP contribution in [-0.4, -0.2) is 24.4 Å². The molecule has 0 saturated heterocycles. The van der Waals surface area contributed by atoms with Gasteiger partial charge in [-0.2, -0.15) is 18.4 Å². The maximum absolute atomic E-state index is 13.1. The molecule has 1 heterocycles. The van der Waals surface area contributed by atoms with E-state index >= 15 is 0 Å². The molecule has 3 rings (SSSR count). The standard InChI is InChI=1S/C21H22F3N3OS/c1-27(13-14-6-2-4-8-17(14)21(22,23)24)11-10-19(28)26-20-16(12-25)15-7-3-5-9-18(15)29-20/h2,4,6,8H,3,5,7,9-11,13H2,1H3,(H,26,28). The monoisotopic (exact) mass is 421 g/mol. The fourth-order valence-electron chi connectivity index (χ4n) is 3.56. The van der Waals surface area contributed by atoms with Crippen molar-refractivity contribution in [2.45, 2.75) is 44.8 Å². The molecular formula is C21H22F3N3OS. The summed E-state index contributed by atoms with van der Waals surface area (Å²) in [7, 11) is 1.69. The van der Waals surface area contributed by atoms with E-state index in [0.29, 0.717) is 17.1 Å². The lowest BCUT2D eigenvalue weighted by Gasteiger charge is -2.19. The largest absolute Gasteiger partial charge is 0.416 e. The number of hydrogen-bond acceptors (Lipinski definition) is 4. The highest BCUT2D eigenvalue weighted by Gasteiger charge is 2.33. The molecule has 0 spiro atoms. The summed E-state index contributed by atoms with van der Waals surface area (Å²) in [6.07, 6.45) is -0.317. The summed E-state index contributed by atoms with van der Waals surface area (Å²) in [6.45, 7) is 0.407. The second-order valence-electron chi connectivity index (χ2n) is 7.22. The van der Waals surface area contributed by atoms with Crippen molar-refractivity contribution in [3.63, 3.8) is 0 Å². The van der Waals surface area contributed by atoms with Gasteiger partial charge in [0.05, 0.1) is 11.1 Å². The molecule has 29 heavy (non-hydrogen) atoms. The van der Waals surface area contributed by atoms with Crippen molar-refractivity contribution >= 4 is 22.2 Å². The molecule has 0 saturated carbocycles. The Morgan fingerprint density at radius 1 is 1.28 bits per heavy atom. The first-order valence-corrected chi connectivity index (χ1v) is 10.3. The van der Waals surface area contributed by atoms with E-state index in [1.165, 1.54) is 28.3 Å². The van der Waals surface area contributed by atoms with Crippen molar-refractivity contribution < 1.29 is 18.0 Å². The number of nitrogens with zero attached hydrogens (tertiary/aromatic N) is 2. The van der Waals surface area contributed by atoms with E-state index in [9.17, 15) is 23.2 Å². The molecule has 1 amide bonds. The average molecular weight is 421 g/mol. The molecule has 1 N–H and O–H groups in total. The lowest BCUT2D eigenvalue weighted by Crippen LogP contribution is -2.25. The highest BCUT2D eigenvalue weighted by atomic mass is 32.1. The van der Waals surface area contributed by atoms with E-state index in [4.69, 9.17) is 0 Å². The summed E-state index contributed by atoms with van der Waals surface area (Å²) in [6, 6.07) is 7.67. The van der Waals surface area contributed by atoms with Crippen LogP contribution in [0.15, 0.2) is 24.3 Å². The Morgan fingerprint density at radius 3 is 2.72 bits per heavy atom. The van der Waals surface area contributed by atoms with Crippen LogP contribution in [0.25, 0.3) is 0 Å². The van der Waals surface area contributed by atoms with Gasteiger partial charge in [0.15, 0.2) is 0 Å². The third kappa shape index (κ3) is 5.17. The number of fused-ring (bicyclic) bond motifs is 1. The van der Waals surface area contributed by atoms with Crippen molar-refractivity contribution in [2.75, 3.05) is 18.9 Å². The lowest BCUT2D eigenvalue weighted by atomic mass is 9.96. The zero-order chi connectivity index (χ0) is 21.0. The third-order valence-electron chi connectivity index (χ3n) is 5.02. The number of aryl methyl sites for hydroxylation is 1. The van der Waals surface area contributed by atoms with Crippen LogP contribution in [0.5, 0.6) is 0 Å². The van der Waals surface area contributed by atoms with Crippen LogP contribution in [0.4, 0.5) is 18.2 Å². The van der Waals surface area contributed by atoms with Gasteiger partial charge < -0.3 is 10.2 Å². The van der Waals surface area contributed by atoms with E-state index in [1.807, 2.05) is 0 Å². The Hall–Kier alpha value is -2.37. The van der Waals surface area contributed by atoms with E-state index < -0.39 is 11.7 Å². The topological polar surface area (TPSA) is 56.1 Å². The van der Waals surface area contributed by atoms with Crippen LogP contribution in [-0.2, 0) is 30.4 Å². The van der Waals surface area contributed by atoms with E-state index in [2.05, 4.69) is 11.4 Å². The average Bonchev–Trinajstić information content (AvgIpc) is 3.02. The van der Waals surface area contributed by atoms with Crippen LogP contribution in [0.3, 0.4) is 0 Å². The molecule has 8 heteroatoms. The molecule has 0 radical (unpaired) electrons. The van der Waals surface area contributed by atoms with Gasteiger partial charge >= 0.3 is 6.18 Å². The highest BCUT2D eigenvalue weighted by Crippen LogP contribution is 2.37. The zero-order valence-corrected chi connectivity index (χ0v) is 16.9. The van der Waals surface area contributed by atoms with Gasteiger partial charge in [-0.1, -0.05) is 18.2 Å². The van der Waals surface area contributed by atoms with Crippen LogP contribution in [0.1, 0.15) is 46.4 Å². The van der Waals surface area contributed by atoms with Crippen molar-refractivity contribution in [2.24, 2.45) is 0 Å². The minimum Gasteiger partial charge on any atom is -0.317 e. The second kappa shape index (κ2) is 8.97. The summed E-state index contributed by atoms with van der Waals surface area (Å²) in [5, 5.41) is 12.9. The van der Waals surface area contributed by atoms with Crippen molar-refractivity contribution in [3.8, 4) is 6.07 Å². The Bertz CT molecular complexity index is 930. The van der Waals surface area contributed by atoms with Gasteiger partial charge in [-0.3, -0.25) is 4.79 Å². The van der Waals surface area contributed by atoms with Gasteiger partial charge in [0, 0.05) is 24.4 Å². The van der Waals surface area contributed by atoms with Crippen molar-refractivity contribution in [1.29, 1.82) is 5.26 Å². The molecule has 0 bridgehead atoms. The number of nitriles is 1. The van der Waals surface area contributed by atoms with Gasteiger partial charge in [-0.05, 0) is 49.9 Å². The van der Waals surface area contributed by atoms with E-state index in [-0.39, 0.29) is 24.4 Å². The number of alkyl halides is 3. The van der Waals surface area contributed by atoms with Crippen LogP contribution in [0, 0.1) is 11.3 Å². The van der Waals surface area contributed by atoms with Gasteiger partial charge in [-0.25, -0.2) is 0 Å². The van der Waals surface area contributed by atoms with Gasteiger partial charge in [-0.15, -0.1) is 11.3 Å². The fraction of sp³-hybridized carbons (Fsp3) is 0.429. The molecule has 4 nitrogen and oxygen atoms in total. The Balaban J connectivity index is 1.58. The predicted octanol–water partition coefficient (Wildman–Crippen LogP) is 4.98. The third-order valence-corrected chi connectivity index (χ3v) is 6.23. The molecule has 1 aromatic carbocycles. The summed E-state index contributed by atoms with van der Waals surface area (Å²) >= 11 is 1.46. The zero-order valence-electron chi connectivity index (χ0n) is 16.1. The highest BCUT2D eigenvalue weighted by molar-refractivity contribution is 7.16. The molecule has 1 aromatic heterocycles. The number of nitrogens with one attached hydrogen (secondary N) is 1. The summed E-state index contributed by atoms with van der Waals surface area (Å²) in [5.41, 5.74) is 1.14. The Kier molecular flexibility index (Phi) is 6.60. The number of rotatable bonds is 6. The maximum atomic E-state index is 13.1. The summed E-state index contributed by atoms with van der Waals surface area (Å²) in [5.74, 6) is -0.240. The molecule has 1 aliphatic rings. The lowest BCUT2D eigenvalue weighted by molar-refractivity contribution is -0.138. The first kappa shape index (κ1) is 21.3. The number of thiophene rings is 1. The van der Waals surface area contributed by atoms with Gasteiger partial charge in [0.2, 0.25) is 5.91 Å². The smallest absolute Gasteiger partial charge is 0.317 e. The second-order valence-corrected chi connectivity index (χ2v) is 8.32. The van der Waals surface area contributed by atoms with E-state index in [0.717, 1.165) is 37.3 Å². The van der Waals surface area contributed by atoms with Gasteiger partial charge in [0.1, 0.15) is 11.1 Å². The van der Waals surface area contributed by atoms with Crippen LogP contribution >= 0.6 is 11.3 Å². The minimum absolute atomic E-state index is 0.0969. The molecule has 0 fully saturated rings. The number of hydrogen-bond donors (Lipinski definition) is 1. The summed E-state index contributed by atoms with van der Waals surface area (Å²) < 4.78 is 39.3. The first-order valence-electron chi connectivity index (χ1n) is 9.47.